The van der Waals surface area contributed by atoms with Crippen molar-refractivity contribution in [3.63, 3.8) is 0 Å². The van der Waals surface area contributed by atoms with Gasteiger partial charge in [0, 0.05) is 0 Å². The topological polar surface area (TPSA) is 0 Å². The van der Waals surface area contributed by atoms with Crippen molar-refractivity contribution < 1.29 is 0 Å². The van der Waals surface area contributed by atoms with Gasteiger partial charge in [0.15, 0.2) is 0 Å². The lowest BCUT2D eigenvalue weighted by Gasteiger charge is -2.02. The van der Waals surface area contributed by atoms with Crippen LogP contribution < -0.4 is 0 Å². The molecule has 0 aromatic heterocycles. The van der Waals surface area contributed by atoms with Gasteiger partial charge in [0.25, 0.3) is 0 Å². The lowest BCUT2D eigenvalue weighted by molar-refractivity contribution is 0.501. The summed E-state index contributed by atoms with van der Waals surface area (Å²) in [5, 5.41) is 0. The maximum Gasteiger partial charge on any atom is -0.0414 e. The summed E-state index contributed by atoms with van der Waals surface area (Å²) in [5.74, 6) is 2.10. The van der Waals surface area contributed by atoms with E-state index in [4.69, 9.17) is 0 Å². The first kappa shape index (κ1) is 14.5. The molecular formula is C12H28. The van der Waals surface area contributed by atoms with Crippen LogP contribution in [0.15, 0.2) is 0 Å². The van der Waals surface area contributed by atoms with E-state index in [0.29, 0.717) is 0 Å². The summed E-state index contributed by atoms with van der Waals surface area (Å²) < 4.78 is 0. The summed E-state index contributed by atoms with van der Waals surface area (Å²) in [5.41, 5.74) is 0. The third kappa shape index (κ3) is 6.69. The van der Waals surface area contributed by atoms with Gasteiger partial charge >= 0.3 is 0 Å². The second-order valence-corrected chi connectivity index (χ2v) is 3.19. The molecule has 1 unspecified atom stereocenters. The lowest BCUT2D eigenvalue weighted by Crippen LogP contribution is -1.89. The van der Waals surface area contributed by atoms with E-state index in [2.05, 4.69) is 13.8 Å². The molecule has 0 radical (unpaired) electrons. The lowest BCUT2D eigenvalue weighted by atomic mass is 10.0. The Kier molecular flexibility index (Phi) is 13.3. The zero-order valence-electron chi connectivity index (χ0n) is 9.98. The molecule has 12 heavy (non-hydrogen) atoms. The molecule has 1 fully saturated rings. The predicted octanol–water partition coefficient (Wildman–Crippen LogP) is 4.89. The molecule has 2 atom stereocenters. The predicted molar refractivity (Wildman–Crippen MR) is 59.5 cm³/mol. The van der Waals surface area contributed by atoms with Gasteiger partial charge in [-0.2, -0.15) is 0 Å². The minimum Gasteiger partial charge on any atom is -0.0683 e. The molecule has 0 aromatic carbocycles. The van der Waals surface area contributed by atoms with E-state index in [1.807, 2.05) is 27.7 Å². The van der Waals surface area contributed by atoms with E-state index in [-0.39, 0.29) is 0 Å². The van der Waals surface area contributed by atoms with Gasteiger partial charge in [-0.15, -0.1) is 0 Å². The smallest absolute Gasteiger partial charge is 0.0414 e. The van der Waals surface area contributed by atoms with Crippen molar-refractivity contribution in [2.45, 2.75) is 67.2 Å². The maximum atomic E-state index is 2.37. The van der Waals surface area contributed by atoms with Crippen LogP contribution in [-0.4, -0.2) is 0 Å². The summed E-state index contributed by atoms with van der Waals surface area (Å²) in [6, 6.07) is 0. The van der Waals surface area contributed by atoms with Crippen LogP contribution in [0.2, 0.25) is 0 Å². The van der Waals surface area contributed by atoms with E-state index in [1.165, 1.54) is 25.7 Å². The fourth-order valence-electron chi connectivity index (χ4n) is 1.70. The molecule has 0 bridgehead atoms. The van der Waals surface area contributed by atoms with E-state index >= 15 is 0 Å². The molecule has 0 N–H and O–H groups in total. The van der Waals surface area contributed by atoms with Crippen molar-refractivity contribution in [1.82, 2.24) is 0 Å². The third-order valence-electron chi connectivity index (χ3n) is 2.38. The first-order chi connectivity index (χ1) is 5.83. The molecule has 1 rings (SSSR count). The molecule has 0 saturated heterocycles. The molecular weight excluding hydrogens is 144 g/mol. The van der Waals surface area contributed by atoms with E-state index in [9.17, 15) is 0 Å². The Labute approximate surface area is 79.8 Å². The zero-order chi connectivity index (χ0) is 9.98. The molecule has 0 heterocycles. The average molecular weight is 172 g/mol. The first-order valence-corrected chi connectivity index (χ1v) is 5.83. The third-order valence-corrected chi connectivity index (χ3v) is 2.38. The van der Waals surface area contributed by atoms with Crippen LogP contribution in [0.5, 0.6) is 0 Å². The largest absolute Gasteiger partial charge is 0.0683 e. The van der Waals surface area contributed by atoms with Crippen LogP contribution in [0, 0.1) is 11.8 Å². The molecule has 0 aromatic rings. The second kappa shape index (κ2) is 11.0. The standard InChI is InChI=1S/C8H16.2C2H6/c1-3-8-5-4-7(2)6-8;2*1-2/h7-8H,3-6H2,1-2H3;2*1-2H3/t7?,8-;;/m1../s1. The Bertz CT molecular complexity index is 66.4. The Balaban J connectivity index is 0. The molecule has 1 saturated carbocycles. The Hall–Kier alpha value is 0. The van der Waals surface area contributed by atoms with Crippen LogP contribution >= 0.6 is 0 Å². The van der Waals surface area contributed by atoms with Crippen LogP contribution in [0.25, 0.3) is 0 Å². The molecule has 0 spiro atoms. The van der Waals surface area contributed by atoms with Crippen LogP contribution in [0.3, 0.4) is 0 Å². The van der Waals surface area contributed by atoms with Crippen LogP contribution in [0.4, 0.5) is 0 Å². The Morgan fingerprint density at radius 1 is 1.00 bits per heavy atom. The average Bonchev–Trinajstić information content (AvgIpc) is 2.58. The molecule has 76 valence electrons. The summed E-state index contributed by atoms with van der Waals surface area (Å²) >= 11 is 0. The first-order valence-electron chi connectivity index (χ1n) is 5.83. The van der Waals surface area contributed by atoms with E-state index < -0.39 is 0 Å². The van der Waals surface area contributed by atoms with Crippen molar-refractivity contribution in [2.75, 3.05) is 0 Å². The van der Waals surface area contributed by atoms with Crippen molar-refractivity contribution in [3.05, 3.63) is 0 Å². The summed E-state index contributed by atoms with van der Waals surface area (Å²) in [4.78, 5) is 0. The van der Waals surface area contributed by atoms with Gasteiger partial charge < -0.3 is 0 Å². The summed E-state index contributed by atoms with van der Waals surface area (Å²) in [6.45, 7) is 12.7. The van der Waals surface area contributed by atoms with Crippen molar-refractivity contribution in [1.29, 1.82) is 0 Å². The van der Waals surface area contributed by atoms with Crippen molar-refractivity contribution in [2.24, 2.45) is 11.8 Å². The van der Waals surface area contributed by atoms with Crippen molar-refractivity contribution >= 4 is 0 Å². The highest BCUT2D eigenvalue weighted by Gasteiger charge is 2.18. The quantitative estimate of drug-likeness (QED) is 0.528. The highest BCUT2D eigenvalue weighted by Crippen LogP contribution is 2.31. The van der Waals surface area contributed by atoms with Gasteiger partial charge in [0.1, 0.15) is 0 Å². The number of rotatable bonds is 1. The normalized spacial score (nSPS) is 26.5. The van der Waals surface area contributed by atoms with Crippen LogP contribution in [0.1, 0.15) is 67.2 Å². The molecule has 1 aliphatic rings. The molecule has 0 amide bonds. The maximum absolute atomic E-state index is 2.37. The van der Waals surface area contributed by atoms with Crippen LogP contribution in [-0.2, 0) is 0 Å². The minimum atomic E-state index is 1.03. The van der Waals surface area contributed by atoms with Gasteiger partial charge in [-0.25, -0.2) is 0 Å². The molecule has 0 heteroatoms. The van der Waals surface area contributed by atoms with Gasteiger partial charge in [-0.1, -0.05) is 60.8 Å². The zero-order valence-corrected chi connectivity index (χ0v) is 9.98. The fourth-order valence-corrected chi connectivity index (χ4v) is 1.70. The van der Waals surface area contributed by atoms with Gasteiger partial charge in [0.05, 0.1) is 0 Å². The SMILES string of the molecule is CC.CC.CC[C@@H]1CCC(C)C1. The Morgan fingerprint density at radius 3 is 1.67 bits per heavy atom. The summed E-state index contributed by atoms with van der Waals surface area (Å²) in [6.07, 6.45) is 5.89. The number of hydrogen-bond donors (Lipinski definition) is 0. The van der Waals surface area contributed by atoms with Crippen molar-refractivity contribution in [3.8, 4) is 0 Å². The molecule has 0 aliphatic heterocycles. The fraction of sp³-hybridized carbons (Fsp3) is 1.00. The summed E-state index contributed by atoms with van der Waals surface area (Å²) in [7, 11) is 0. The number of hydrogen-bond acceptors (Lipinski definition) is 0. The molecule has 1 aliphatic carbocycles. The molecule has 0 nitrogen and oxygen atoms in total. The Morgan fingerprint density at radius 2 is 1.50 bits per heavy atom. The van der Waals surface area contributed by atoms with E-state index in [1.54, 1.807) is 0 Å². The minimum absolute atomic E-state index is 1.03. The highest BCUT2D eigenvalue weighted by molar-refractivity contribution is 4.70. The second-order valence-electron chi connectivity index (χ2n) is 3.19. The van der Waals surface area contributed by atoms with Gasteiger partial charge in [0.2, 0.25) is 0 Å². The monoisotopic (exact) mass is 172 g/mol. The van der Waals surface area contributed by atoms with E-state index in [0.717, 1.165) is 11.8 Å². The van der Waals surface area contributed by atoms with Gasteiger partial charge in [-0.3, -0.25) is 0 Å². The highest BCUT2D eigenvalue weighted by atomic mass is 14.2. The van der Waals surface area contributed by atoms with Gasteiger partial charge in [-0.05, 0) is 18.3 Å².